The Hall–Kier alpha value is -4.07. The first-order valence-corrected chi connectivity index (χ1v) is 11.3. The maximum absolute atomic E-state index is 12.4. The number of carbonyl (C=O) groups is 1. The number of anilines is 2. The minimum Gasteiger partial charge on any atom is -0.489 e. The van der Waals surface area contributed by atoms with E-state index >= 15 is 0 Å². The van der Waals surface area contributed by atoms with Crippen molar-refractivity contribution in [1.29, 1.82) is 0 Å². The molecule has 1 aromatic heterocycles. The number of nitrogens with two attached hydrogens (primary N) is 1. The van der Waals surface area contributed by atoms with Gasteiger partial charge in [-0.25, -0.2) is 4.98 Å². The zero-order valence-corrected chi connectivity index (χ0v) is 20.6. The third-order valence-electron chi connectivity index (χ3n) is 6.07. The Bertz CT molecular complexity index is 1270. The van der Waals surface area contributed by atoms with E-state index in [4.69, 9.17) is 20.0 Å². The summed E-state index contributed by atoms with van der Waals surface area (Å²) in [5.41, 5.74) is 11.2. The highest BCUT2D eigenvalue weighted by Gasteiger charge is 2.38. The molecule has 1 unspecified atom stereocenters. The van der Waals surface area contributed by atoms with Crippen LogP contribution in [0.15, 0.2) is 53.8 Å². The number of fused-ring (bicyclic) bond motifs is 1. The molecular weight excluding hydrogens is 444 g/mol. The lowest BCUT2D eigenvalue weighted by Gasteiger charge is -2.37. The molecular formula is C27H30N4O4. The van der Waals surface area contributed by atoms with Crippen LogP contribution in [0.1, 0.15) is 46.0 Å². The van der Waals surface area contributed by atoms with E-state index in [2.05, 4.69) is 42.3 Å². The van der Waals surface area contributed by atoms with Gasteiger partial charge in [-0.2, -0.15) is 0 Å². The number of amides is 1. The summed E-state index contributed by atoms with van der Waals surface area (Å²) in [5, 5.41) is 7.14. The van der Waals surface area contributed by atoms with Gasteiger partial charge in [-0.3, -0.25) is 4.79 Å². The molecule has 1 aliphatic rings. The van der Waals surface area contributed by atoms with E-state index in [1.165, 1.54) is 6.20 Å². The summed E-state index contributed by atoms with van der Waals surface area (Å²) in [4.78, 5) is 21.5. The Kier molecular flexibility index (Phi) is 6.64. The lowest BCUT2D eigenvalue weighted by Crippen LogP contribution is -2.45. The maximum atomic E-state index is 12.4. The van der Waals surface area contributed by atoms with Gasteiger partial charge >= 0.3 is 0 Å². The van der Waals surface area contributed by atoms with Gasteiger partial charge in [0.05, 0.1) is 11.3 Å². The number of nitrogens with zero attached hydrogens (tertiary/aromatic N) is 2. The average molecular weight is 475 g/mol. The standard InChI is InChI=1S/C27H30N4O4/c1-16-12-17(2)24-22(31-33-5)13-27(4,35-25(24)18(16)3)15-34-21-9-7-20(8-10-21)30-26(32)19-6-11-23(28)29-14-19/h6-12,14H,13,15H2,1-5H3,(H2,28,29)(H,30,32). The molecule has 2 aromatic carbocycles. The molecule has 0 bridgehead atoms. The number of aryl methyl sites for hydroxylation is 2. The lowest BCUT2D eigenvalue weighted by atomic mass is 9.86. The molecule has 8 heteroatoms. The summed E-state index contributed by atoms with van der Waals surface area (Å²) in [7, 11) is 1.55. The summed E-state index contributed by atoms with van der Waals surface area (Å²) in [6.45, 7) is 8.50. The van der Waals surface area contributed by atoms with Crippen molar-refractivity contribution in [3.8, 4) is 11.5 Å². The first kappa shape index (κ1) is 24.1. The summed E-state index contributed by atoms with van der Waals surface area (Å²) >= 11 is 0. The number of aromatic nitrogens is 1. The summed E-state index contributed by atoms with van der Waals surface area (Å²) in [5.74, 6) is 1.59. The highest BCUT2D eigenvalue weighted by molar-refractivity contribution is 6.06. The second-order valence-electron chi connectivity index (χ2n) is 9.03. The molecule has 1 amide bonds. The van der Waals surface area contributed by atoms with E-state index in [0.29, 0.717) is 35.8 Å². The van der Waals surface area contributed by atoms with Crippen molar-refractivity contribution in [3.63, 3.8) is 0 Å². The number of hydrogen-bond donors (Lipinski definition) is 2. The van der Waals surface area contributed by atoms with Gasteiger partial charge in [0.25, 0.3) is 5.91 Å². The second-order valence-corrected chi connectivity index (χ2v) is 9.03. The highest BCUT2D eigenvalue weighted by Crippen LogP contribution is 2.40. The molecule has 0 radical (unpaired) electrons. The molecule has 4 rings (SSSR count). The first-order chi connectivity index (χ1) is 16.7. The maximum Gasteiger partial charge on any atom is 0.257 e. The predicted octanol–water partition coefficient (Wildman–Crippen LogP) is 4.81. The van der Waals surface area contributed by atoms with Gasteiger partial charge in [0.1, 0.15) is 36.6 Å². The predicted molar refractivity (Wildman–Crippen MR) is 136 cm³/mol. The zero-order valence-electron chi connectivity index (χ0n) is 20.6. The summed E-state index contributed by atoms with van der Waals surface area (Å²) in [6.07, 6.45) is 1.98. The Morgan fingerprint density at radius 1 is 1.17 bits per heavy atom. The molecule has 0 spiro atoms. The van der Waals surface area contributed by atoms with E-state index in [9.17, 15) is 4.79 Å². The largest absolute Gasteiger partial charge is 0.489 e. The average Bonchev–Trinajstić information content (AvgIpc) is 2.82. The van der Waals surface area contributed by atoms with Gasteiger partial charge in [-0.15, -0.1) is 0 Å². The molecule has 0 fully saturated rings. The van der Waals surface area contributed by atoms with Crippen molar-refractivity contribution in [2.24, 2.45) is 5.16 Å². The third kappa shape index (κ3) is 5.21. The molecule has 0 aliphatic carbocycles. The smallest absolute Gasteiger partial charge is 0.257 e. The molecule has 3 N–H and O–H groups in total. The molecule has 8 nitrogen and oxygen atoms in total. The van der Waals surface area contributed by atoms with Crippen molar-refractivity contribution in [1.82, 2.24) is 4.98 Å². The van der Waals surface area contributed by atoms with Crippen LogP contribution in [0.4, 0.5) is 11.5 Å². The van der Waals surface area contributed by atoms with Crippen molar-refractivity contribution in [2.45, 2.75) is 39.7 Å². The van der Waals surface area contributed by atoms with Crippen molar-refractivity contribution >= 4 is 23.1 Å². The van der Waals surface area contributed by atoms with Crippen LogP contribution < -0.4 is 20.5 Å². The summed E-state index contributed by atoms with van der Waals surface area (Å²) < 4.78 is 12.6. The number of nitrogens with one attached hydrogen (secondary N) is 1. The number of rotatable bonds is 6. The zero-order chi connectivity index (χ0) is 25.2. The highest BCUT2D eigenvalue weighted by atomic mass is 16.6. The minimum atomic E-state index is -0.635. The Balaban J connectivity index is 1.46. The van der Waals surface area contributed by atoms with Crippen LogP contribution in [0.25, 0.3) is 0 Å². The number of carbonyl (C=O) groups excluding carboxylic acids is 1. The van der Waals surface area contributed by atoms with Crippen LogP contribution in [-0.4, -0.2) is 35.9 Å². The lowest BCUT2D eigenvalue weighted by molar-refractivity contribution is 0.0352. The number of oxime groups is 1. The molecule has 2 heterocycles. The van der Waals surface area contributed by atoms with Gasteiger partial charge in [0.15, 0.2) is 0 Å². The number of ether oxygens (including phenoxy) is 2. The minimum absolute atomic E-state index is 0.265. The van der Waals surface area contributed by atoms with Gasteiger partial charge in [0, 0.05) is 23.9 Å². The van der Waals surface area contributed by atoms with E-state index in [-0.39, 0.29) is 5.91 Å². The van der Waals surface area contributed by atoms with Gasteiger partial charge in [-0.1, -0.05) is 11.2 Å². The van der Waals surface area contributed by atoms with Crippen LogP contribution >= 0.6 is 0 Å². The van der Waals surface area contributed by atoms with Crippen molar-refractivity contribution in [3.05, 3.63) is 76.5 Å². The van der Waals surface area contributed by atoms with E-state index in [1.54, 1.807) is 43.5 Å². The molecule has 3 aromatic rings. The Morgan fingerprint density at radius 2 is 1.91 bits per heavy atom. The fourth-order valence-electron chi connectivity index (χ4n) is 4.14. The fourth-order valence-corrected chi connectivity index (χ4v) is 4.14. The third-order valence-corrected chi connectivity index (χ3v) is 6.07. The van der Waals surface area contributed by atoms with E-state index in [1.807, 2.05) is 6.92 Å². The quantitative estimate of drug-likeness (QED) is 0.496. The topological polar surface area (TPSA) is 108 Å². The van der Waals surface area contributed by atoms with Crippen molar-refractivity contribution < 1.29 is 19.1 Å². The SMILES string of the molecule is CON=C1CC(C)(COc2ccc(NC(=O)c3ccc(N)nc3)cc2)Oc2c(C)c(C)cc(C)c21. The molecule has 0 saturated carbocycles. The van der Waals surface area contributed by atoms with Crippen LogP contribution in [-0.2, 0) is 4.84 Å². The van der Waals surface area contributed by atoms with Crippen LogP contribution in [0, 0.1) is 20.8 Å². The van der Waals surface area contributed by atoms with E-state index < -0.39 is 5.60 Å². The second kappa shape index (κ2) is 9.66. The van der Waals surface area contributed by atoms with Gasteiger partial charge in [-0.05, 0) is 80.8 Å². The van der Waals surface area contributed by atoms with E-state index in [0.717, 1.165) is 33.7 Å². The normalized spacial score (nSPS) is 17.9. The number of nitrogen functional groups attached to an aromatic ring is 1. The first-order valence-electron chi connectivity index (χ1n) is 11.3. The van der Waals surface area contributed by atoms with Gasteiger partial charge < -0.3 is 25.4 Å². The summed E-state index contributed by atoms with van der Waals surface area (Å²) in [6, 6.07) is 12.5. The molecule has 35 heavy (non-hydrogen) atoms. The number of pyridine rings is 1. The Morgan fingerprint density at radius 3 is 2.57 bits per heavy atom. The molecule has 1 atom stereocenters. The number of benzene rings is 2. The number of hydrogen-bond acceptors (Lipinski definition) is 7. The molecule has 182 valence electrons. The van der Waals surface area contributed by atoms with Crippen LogP contribution in [0.3, 0.4) is 0 Å². The van der Waals surface area contributed by atoms with Crippen molar-refractivity contribution in [2.75, 3.05) is 24.8 Å². The fraction of sp³-hybridized carbons (Fsp3) is 0.296. The van der Waals surface area contributed by atoms with Crippen LogP contribution in [0.5, 0.6) is 11.5 Å². The van der Waals surface area contributed by atoms with Gasteiger partial charge in [0.2, 0.25) is 0 Å². The molecule has 1 aliphatic heterocycles. The monoisotopic (exact) mass is 474 g/mol. The Labute approximate surface area is 205 Å². The molecule has 0 saturated heterocycles. The van der Waals surface area contributed by atoms with Crippen LogP contribution in [0.2, 0.25) is 0 Å².